The van der Waals surface area contributed by atoms with E-state index < -0.39 is 0 Å². The van der Waals surface area contributed by atoms with Crippen molar-refractivity contribution >= 4 is 5.78 Å². The average Bonchev–Trinajstić information content (AvgIpc) is 3.00. The normalized spacial score (nSPS) is 12.6. The van der Waals surface area contributed by atoms with Crippen molar-refractivity contribution in [2.75, 3.05) is 13.7 Å². The Kier molecular flexibility index (Phi) is 3.81. The monoisotopic (exact) mass is 284 g/mol. The van der Waals surface area contributed by atoms with Crippen molar-refractivity contribution in [1.29, 1.82) is 0 Å². The van der Waals surface area contributed by atoms with E-state index >= 15 is 0 Å². The molecule has 0 spiro atoms. The van der Waals surface area contributed by atoms with Crippen LogP contribution >= 0.6 is 0 Å². The van der Waals surface area contributed by atoms with E-state index in [4.69, 9.17) is 9.47 Å². The number of benzene rings is 1. The number of ketones is 1. The van der Waals surface area contributed by atoms with Crippen LogP contribution in [0.5, 0.6) is 11.6 Å². The second-order valence-electron chi connectivity index (χ2n) is 4.92. The van der Waals surface area contributed by atoms with Gasteiger partial charge in [-0.15, -0.1) is 10.2 Å². The van der Waals surface area contributed by atoms with Gasteiger partial charge in [-0.1, -0.05) is 12.1 Å². The van der Waals surface area contributed by atoms with Crippen LogP contribution in [-0.4, -0.2) is 29.7 Å². The summed E-state index contributed by atoms with van der Waals surface area (Å²) in [6.07, 6.45) is 2.06. The zero-order valence-electron chi connectivity index (χ0n) is 11.8. The quantitative estimate of drug-likeness (QED) is 0.788. The van der Waals surface area contributed by atoms with Crippen LogP contribution in [0.2, 0.25) is 0 Å². The van der Waals surface area contributed by atoms with Gasteiger partial charge in [0, 0.05) is 18.9 Å². The number of ether oxygens (including phenoxy) is 2. The van der Waals surface area contributed by atoms with Crippen LogP contribution in [0.4, 0.5) is 0 Å². The van der Waals surface area contributed by atoms with Crippen LogP contribution in [-0.2, 0) is 12.8 Å². The standard InChI is InChI=1S/C16H16N2O3/c1-20-16-7-4-13(17-18-16)14(19)5-2-11-3-6-15-12(10-11)8-9-21-15/h3-4,6-7,10H,2,5,8-9H2,1H3. The van der Waals surface area contributed by atoms with Crippen LogP contribution in [0.25, 0.3) is 0 Å². The van der Waals surface area contributed by atoms with Crippen molar-refractivity contribution in [3.63, 3.8) is 0 Å². The number of carbonyl (C=O) groups is 1. The van der Waals surface area contributed by atoms with E-state index in [0.29, 0.717) is 24.4 Å². The second-order valence-corrected chi connectivity index (χ2v) is 4.92. The summed E-state index contributed by atoms with van der Waals surface area (Å²) in [5.41, 5.74) is 2.75. The van der Waals surface area contributed by atoms with Crippen LogP contribution < -0.4 is 9.47 Å². The minimum atomic E-state index is -0.0121. The molecule has 108 valence electrons. The molecule has 1 aliphatic rings. The Balaban J connectivity index is 1.62. The molecule has 0 bridgehead atoms. The van der Waals surface area contributed by atoms with Gasteiger partial charge in [0.25, 0.3) is 0 Å². The number of carbonyl (C=O) groups excluding carboxylic acids is 1. The number of aromatic nitrogens is 2. The van der Waals surface area contributed by atoms with E-state index in [2.05, 4.69) is 16.3 Å². The Morgan fingerprint density at radius 3 is 2.95 bits per heavy atom. The Morgan fingerprint density at radius 1 is 1.29 bits per heavy atom. The predicted octanol–water partition coefficient (Wildman–Crippen LogP) is 2.24. The molecule has 2 heterocycles. The lowest BCUT2D eigenvalue weighted by atomic mass is 10.0. The zero-order chi connectivity index (χ0) is 14.7. The van der Waals surface area contributed by atoms with Gasteiger partial charge < -0.3 is 9.47 Å². The minimum Gasteiger partial charge on any atom is -0.493 e. The first-order valence-electron chi connectivity index (χ1n) is 6.92. The molecule has 1 aliphatic heterocycles. The SMILES string of the molecule is COc1ccc(C(=O)CCc2ccc3c(c2)CCO3)nn1. The maximum Gasteiger partial charge on any atom is 0.233 e. The molecule has 0 aliphatic carbocycles. The zero-order valence-corrected chi connectivity index (χ0v) is 11.8. The molecule has 3 rings (SSSR count). The summed E-state index contributed by atoms with van der Waals surface area (Å²) < 4.78 is 10.4. The van der Waals surface area contributed by atoms with Crippen molar-refractivity contribution in [2.45, 2.75) is 19.3 Å². The van der Waals surface area contributed by atoms with Gasteiger partial charge in [-0.05, 0) is 29.7 Å². The maximum absolute atomic E-state index is 12.1. The van der Waals surface area contributed by atoms with E-state index in [0.717, 1.165) is 24.3 Å². The lowest BCUT2D eigenvalue weighted by Gasteiger charge is -2.04. The Bertz CT molecular complexity index is 653. The van der Waals surface area contributed by atoms with Gasteiger partial charge in [0.1, 0.15) is 11.4 Å². The van der Waals surface area contributed by atoms with Crippen molar-refractivity contribution < 1.29 is 14.3 Å². The Morgan fingerprint density at radius 2 is 2.19 bits per heavy atom. The number of aryl methyl sites for hydroxylation is 1. The van der Waals surface area contributed by atoms with Gasteiger partial charge in [0.15, 0.2) is 5.78 Å². The molecule has 0 radical (unpaired) electrons. The molecule has 0 saturated carbocycles. The highest BCUT2D eigenvalue weighted by Crippen LogP contribution is 2.26. The summed E-state index contributed by atoms with van der Waals surface area (Å²) in [7, 11) is 1.52. The van der Waals surface area contributed by atoms with Crippen molar-refractivity contribution in [3.8, 4) is 11.6 Å². The Labute approximate surface area is 122 Å². The molecular weight excluding hydrogens is 268 g/mol. The third-order valence-corrected chi connectivity index (χ3v) is 3.53. The fraction of sp³-hybridized carbons (Fsp3) is 0.312. The topological polar surface area (TPSA) is 61.3 Å². The predicted molar refractivity (Wildman–Crippen MR) is 76.9 cm³/mol. The summed E-state index contributed by atoms with van der Waals surface area (Å²) in [6.45, 7) is 0.749. The highest BCUT2D eigenvalue weighted by Gasteiger charge is 2.13. The molecule has 5 nitrogen and oxygen atoms in total. The number of hydrogen-bond acceptors (Lipinski definition) is 5. The van der Waals surface area contributed by atoms with Crippen molar-refractivity contribution in [1.82, 2.24) is 10.2 Å². The molecule has 21 heavy (non-hydrogen) atoms. The average molecular weight is 284 g/mol. The number of hydrogen-bond donors (Lipinski definition) is 0. The molecule has 0 amide bonds. The van der Waals surface area contributed by atoms with Gasteiger partial charge in [0.2, 0.25) is 5.88 Å². The first kappa shape index (κ1) is 13.5. The molecule has 0 fully saturated rings. The molecule has 2 aromatic rings. The van der Waals surface area contributed by atoms with Gasteiger partial charge in [0.05, 0.1) is 13.7 Å². The van der Waals surface area contributed by atoms with Gasteiger partial charge in [-0.3, -0.25) is 4.79 Å². The largest absolute Gasteiger partial charge is 0.493 e. The third-order valence-electron chi connectivity index (χ3n) is 3.53. The van der Waals surface area contributed by atoms with Crippen molar-refractivity contribution in [2.24, 2.45) is 0 Å². The lowest BCUT2D eigenvalue weighted by molar-refractivity contribution is 0.0977. The molecule has 0 saturated heterocycles. The van der Waals surface area contributed by atoms with E-state index in [9.17, 15) is 4.79 Å². The number of nitrogens with zero attached hydrogens (tertiary/aromatic N) is 2. The smallest absolute Gasteiger partial charge is 0.233 e. The molecule has 1 aromatic heterocycles. The molecule has 5 heteroatoms. The van der Waals surface area contributed by atoms with Crippen LogP contribution in [0.1, 0.15) is 28.0 Å². The van der Waals surface area contributed by atoms with Crippen molar-refractivity contribution in [3.05, 3.63) is 47.2 Å². The van der Waals surface area contributed by atoms with E-state index in [1.165, 1.54) is 12.7 Å². The summed E-state index contributed by atoms with van der Waals surface area (Å²) in [6, 6.07) is 9.40. The summed E-state index contributed by atoms with van der Waals surface area (Å²) >= 11 is 0. The fourth-order valence-corrected chi connectivity index (χ4v) is 2.36. The summed E-state index contributed by atoms with van der Waals surface area (Å²) in [5.74, 6) is 1.36. The Hall–Kier alpha value is -2.43. The number of Topliss-reactive ketones (excluding diaryl/α,β-unsaturated/α-hetero) is 1. The second kappa shape index (κ2) is 5.91. The van der Waals surface area contributed by atoms with Crippen LogP contribution in [0, 0.1) is 0 Å². The number of rotatable bonds is 5. The highest BCUT2D eigenvalue weighted by molar-refractivity contribution is 5.94. The van der Waals surface area contributed by atoms with E-state index in [1.54, 1.807) is 12.1 Å². The van der Waals surface area contributed by atoms with Gasteiger partial charge in [-0.2, -0.15) is 0 Å². The van der Waals surface area contributed by atoms with E-state index in [1.807, 2.05) is 12.1 Å². The number of fused-ring (bicyclic) bond motifs is 1. The van der Waals surface area contributed by atoms with Gasteiger partial charge in [-0.25, -0.2) is 0 Å². The number of methoxy groups -OCH3 is 1. The van der Waals surface area contributed by atoms with Crippen LogP contribution in [0.3, 0.4) is 0 Å². The molecule has 1 aromatic carbocycles. The first-order valence-corrected chi connectivity index (χ1v) is 6.92. The highest BCUT2D eigenvalue weighted by atomic mass is 16.5. The molecule has 0 unspecified atom stereocenters. The van der Waals surface area contributed by atoms with Gasteiger partial charge >= 0.3 is 0 Å². The summed E-state index contributed by atoms with van der Waals surface area (Å²) in [4.78, 5) is 12.1. The van der Waals surface area contributed by atoms with E-state index in [-0.39, 0.29) is 5.78 Å². The molecular formula is C16H16N2O3. The summed E-state index contributed by atoms with van der Waals surface area (Å²) in [5, 5.41) is 7.69. The molecule has 0 atom stereocenters. The van der Waals surface area contributed by atoms with Crippen LogP contribution in [0.15, 0.2) is 30.3 Å². The first-order chi connectivity index (χ1) is 10.3. The third kappa shape index (κ3) is 3.02. The lowest BCUT2D eigenvalue weighted by Crippen LogP contribution is -2.05. The fourth-order valence-electron chi connectivity index (χ4n) is 2.36. The molecule has 0 N–H and O–H groups in total. The maximum atomic E-state index is 12.1. The minimum absolute atomic E-state index is 0.0121.